The summed E-state index contributed by atoms with van der Waals surface area (Å²) < 4.78 is 1.37. The van der Waals surface area contributed by atoms with E-state index in [4.69, 9.17) is 23.2 Å². The molecule has 0 saturated heterocycles. The van der Waals surface area contributed by atoms with Gasteiger partial charge in [0, 0.05) is 0 Å². The highest BCUT2D eigenvalue weighted by Crippen LogP contribution is 2.28. The van der Waals surface area contributed by atoms with Crippen molar-refractivity contribution in [1.29, 1.82) is 0 Å². The van der Waals surface area contributed by atoms with Gasteiger partial charge in [-0.1, -0.05) is 35.3 Å². The molecule has 5 heteroatoms. The van der Waals surface area contributed by atoms with E-state index in [0.717, 1.165) is 0 Å². The van der Waals surface area contributed by atoms with Crippen molar-refractivity contribution in [2.24, 2.45) is 0 Å². The average Bonchev–Trinajstić information content (AvgIpc) is 2.49. The van der Waals surface area contributed by atoms with E-state index >= 15 is 0 Å². The van der Waals surface area contributed by atoms with Crippen molar-refractivity contribution in [1.82, 2.24) is 9.78 Å². The molecule has 0 saturated carbocycles. The lowest BCUT2D eigenvalue weighted by Crippen LogP contribution is -1.96. The molecule has 3 nitrogen and oxygen atoms in total. The van der Waals surface area contributed by atoms with Crippen molar-refractivity contribution < 1.29 is 5.11 Å². The molecule has 0 unspecified atom stereocenters. The topological polar surface area (TPSA) is 38.1 Å². The van der Waals surface area contributed by atoms with Crippen LogP contribution in [-0.2, 0) is 0 Å². The maximum atomic E-state index is 9.23. The zero-order valence-corrected chi connectivity index (χ0v) is 8.50. The Balaban J connectivity index is 2.60. The minimum atomic E-state index is -0.0633. The fourth-order valence-electron chi connectivity index (χ4n) is 1.12. The third kappa shape index (κ3) is 1.45. The number of halogens is 2. The largest absolute Gasteiger partial charge is 0.504 e. The van der Waals surface area contributed by atoms with Gasteiger partial charge in [0.15, 0.2) is 10.9 Å². The van der Waals surface area contributed by atoms with E-state index in [9.17, 15) is 5.11 Å². The number of hydrogen-bond donors (Lipinski definition) is 1. The summed E-state index contributed by atoms with van der Waals surface area (Å²) in [4.78, 5) is 0. The van der Waals surface area contributed by atoms with Crippen LogP contribution in [0.3, 0.4) is 0 Å². The molecule has 0 amide bonds. The minimum Gasteiger partial charge on any atom is -0.504 e. The molecule has 1 aromatic heterocycles. The molecular weight excluding hydrogens is 223 g/mol. The maximum Gasteiger partial charge on any atom is 0.174 e. The zero-order chi connectivity index (χ0) is 10.1. The molecule has 0 spiro atoms. The van der Waals surface area contributed by atoms with E-state index in [1.807, 2.05) is 12.1 Å². The van der Waals surface area contributed by atoms with Crippen molar-refractivity contribution in [3.63, 3.8) is 0 Å². The lowest BCUT2D eigenvalue weighted by molar-refractivity contribution is 0.475. The van der Waals surface area contributed by atoms with E-state index < -0.39 is 0 Å². The van der Waals surface area contributed by atoms with Gasteiger partial charge < -0.3 is 5.11 Å². The van der Waals surface area contributed by atoms with Crippen LogP contribution in [0.4, 0.5) is 0 Å². The molecule has 0 aliphatic carbocycles. The number of rotatable bonds is 1. The SMILES string of the molecule is Oc1cnn(-c2ccccc2Cl)c1Cl. The van der Waals surface area contributed by atoms with Gasteiger partial charge in [-0.2, -0.15) is 5.10 Å². The first-order valence-electron chi connectivity index (χ1n) is 3.87. The number of para-hydroxylation sites is 1. The summed E-state index contributed by atoms with van der Waals surface area (Å²) >= 11 is 11.7. The van der Waals surface area contributed by atoms with E-state index in [2.05, 4.69) is 5.10 Å². The van der Waals surface area contributed by atoms with Crippen molar-refractivity contribution in [3.05, 3.63) is 40.6 Å². The predicted octanol–water partition coefficient (Wildman–Crippen LogP) is 2.88. The normalized spacial score (nSPS) is 10.4. The average molecular weight is 229 g/mol. The first-order valence-corrected chi connectivity index (χ1v) is 4.63. The van der Waals surface area contributed by atoms with Crippen LogP contribution in [0.1, 0.15) is 0 Å². The Labute approximate surface area is 90.5 Å². The Kier molecular flexibility index (Phi) is 2.35. The lowest BCUT2D eigenvalue weighted by Gasteiger charge is -2.04. The fourth-order valence-corrected chi connectivity index (χ4v) is 1.52. The summed E-state index contributed by atoms with van der Waals surface area (Å²) in [6, 6.07) is 7.12. The van der Waals surface area contributed by atoms with E-state index in [1.54, 1.807) is 12.1 Å². The van der Waals surface area contributed by atoms with Crippen LogP contribution in [-0.4, -0.2) is 14.9 Å². The molecule has 2 aromatic rings. The van der Waals surface area contributed by atoms with Crippen molar-refractivity contribution >= 4 is 23.2 Å². The third-order valence-corrected chi connectivity index (χ3v) is 2.45. The molecule has 72 valence electrons. The smallest absolute Gasteiger partial charge is 0.174 e. The van der Waals surface area contributed by atoms with Gasteiger partial charge in [0.25, 0.3) is 0 Å². The number of benzene rings is 1. The number of aromatic hydroxyl groups is 1. The maximum absolute atomic E-state index is 9.23. The van der Waals surface area contributed by atoms with Gasteiger partial charge in [-0.25, -0.2) is 4.68 Å². The van der Waals surface area contributed by atoms with Gasteiger partial charge in [0.05, 0.1) is 16.9 Å². The molecular formula is C9H6Cl2N2O. The first-order chi connectivity index (χ1) is 6.70. The van der Waals surface area contributed by atoms with Crippen LogP contribution >= 0.6 is 23.2 Å². The van der Waals surface area contributed by atoms with Gasteiger partial charge in [0.1, 0.15) is 0 Å². The lowest BCUT2D eigenvalue weighted by atomic mass is 10.3. The molecule has 2 rings (SSSR count). The molecule has 0 radical (unpaired) electrons. The Morgan fingerprint density at radius 3 is 2.50 bits per heavy atom. The molecule has 0 bridgehead atoms. The molecule has 0 atom stereocenters. The second-order valence-electron chi connectivity index (χ2n) is 2.68. The van der Waals surface area contributed by atoms with Crippen LogP contribution in [0.15, 0.2) is 30.5 Å². The summed E-state index contributed by atoms with van der Waals surface area (Å²) in [6.07, 6.45) is 1.27. The second kappa shape index (κ2) is 3.52. The number of nitrogens with zero attached hydrogens (tertiary/aromatic N) is 2. The highest BCUT2D eigenvalue weighted by molar-refractivity contribution is 6.33. The van der Waals surface area contributed by atoms with Crippen LogP contribution in [0.25, 0.3) is 5.69 Å². The highest BCUT2D eigenvalue weighted by atomic mass is 35.5. The summed E-state index contributed by atoms with van der Waals surface area (Å²) in [6.45, 7) is 0. The van der Waals surface area contributed by atoms with E-state index in [-0.39, 0.29) is 10.9 Å². The van der Waals surface area contributed by atoms with E-state index in [1.165, 1.54) is 10.9 Å². The summed E-state index contributed by atoms with van der Waals surface area (Å²) in [7, 11) is 0. The van der Waals surface area contributed by atoms with Crippen molar-refractivity contribution in [2.45, 2.75) is 0 Å². The minimum absolute atomic E-state index is 0.0633. The molecule has 1 heterocycles. The molecule has 14 heavy (non-hydrogen) atoms. The van der Waals surface area contributed by atoms with Gasteiger partial charge in [-0.05, 0) is 12.1 Å². The number of hydrogen-bond acceptors (Lipinski definition) is 2. The first kappa shape index (κ1) is 9.37. The predicted molar refractivity (Wildman–Crippen MR) is 55.2 cm³/mol. The van der Waals surface area contributed by atoms with E-state index in [0.29, 0.717) is 10.7 Å². The Bertz CT molecular complexity index is 468. The summed E-state index contributed by atoms with van der Waals surface area (Å²) in [5.74, 6) is -0.0633. The monoisotopic (exact) mass is 228 g/mol. The standard InChI is InChI=1S/C9H6Cl2N2O/c10-6-3-1-2-4-7(6)13-9(11)8(14)5-12-13/h1-5,14H. The third-order valence-electron chi connectivity index (χ3n) is 1.77. The van der Waals surface area contributed by atoms with Crippen LogP contribution in [0.5, 0.6) is 5.75 Å². The highest BCUT2D eigenvalue weighted by Gasteiger charge is 2.10. The van der Waals surface area contributed by atoms with Crippen LogP contribution in [0.2, 0.25) is 10.2 Å². The van der Waals surface area contributed by atoms with Crippen LogP contribution < -0.4 is 0 Å². The molecule has 0 aliphatic heterocycles. The molecule has 1 aromatic carbocycles. The summed E-state index contributed by atoms with van der Waals surface area (Å²) in [5.41, 5.74) is 0.638. The Morgan fingerprint density at radius 2 is 1.93 bits per heavy atom. The molecule has 0 aliphatic rings. The molecule has 1 N–H and O–H groups in total. The van der Waals surface area contributed by atoms with Gasteiger partial charge in [-0.3, -0.25) is 0 Å². The van der Waals surface area contributed by atoms with Crippen molar-refractivity contribution in [3.8, 4) is 11.4 Å². The van der Waals surface area contributed by atoms with Crippen LogP contribution in [0, 0.1) is 0 Å². The fraction of sp³-hybridized carbons (Fsp3) is 0. The summed E-state index contributed by atoms with van der Waals surface area (Å²) in [5, 5.41) is 13.8. The quantitative estimate of drug-likeness (QED) is 0.816. The zero-order valence-electron chi connectivity index (χ0n) is 6.98. The number of aromatic nitrogens is 2. The Morgan fingerprint density at radius 1 is 1.21 bits per heavy atom. The Hall–Kier alpha value is -1.19. The van der Waals surface area contributed by atoms with Gasteiger partial charge >= 0.3 is 0 Å². The second-order valence-corrected chi connectivity index (χ2v) is 3.45. The van der Waals surface area contributed by atoms with Gasteiger partial charge in [-0.15, -0.1) is 0 Å². The van der Waals surface area contributed by atoms with Gasteiger partial charge in [0.2, 0.25) is 0 Å². The molecule has 0 fully saturated rings. The van der Waals surface area contributed by atoms with Crippen molar-refractivity contribution in [2.75, 3.05) is 0 Å².